The SMILES string of the molecule is CC(C)NC(=O)C(Cc1ccccc1)N(Cc1cccc(Cl)c1)C(=O)CN(c1ccc(C(C)C)cc1)S(C)(=O)=O. The summed E-state index contributed by atoms with van der Waals surface area (Å²) in [7, 11) is -3.82. The van der Waals surface area contributed by atoms with Crippen molar-refractivity contribution in [2.75, 3.05) is 17.1 Å². The van der Waals surface area contributed by atoms with Gasteiger partial charge in [-0.05, 0) is 60.7 Å². The summed E-state index contributed by atoms with van der Waals surface area (Å²) in [5.41, 5.74) is 3.04. The second-order valence-corrected chi connectivity index (χ2v) is 12.9. The summed E-state index contributed by atoms with van der Waals surface area (Å²) in [6.45, 7) is 7.43. The molecular weight excluding hydrogens is 546 g/mol. The fraction of sp³-hybridized carbons (Fsp3) is 0.355. The van der Waals surface area contributed by atoms with E-state index in [2.05, 4.69) is 19.2 Å². The summed E-state index contributed by atoms with van der Waals surface area (Å²) in [6.07, 6.45) is 1.33. The van der Waals surface area contributed by atoms with Crippen LogP contribution < -0.4 is 9.62 Å². The Kier molecular flexibility index (Phi) is 10.8. The number of rotatable bonds is 12. The zero-order valence-corrected chi connectivity index (χ0v) is 25.2. The van der Waals surface area contributed by atoms with Gasteiger partial charge in [0.05, 0.1) is 11.9 Å². The molecule has 0 aliphatic rings. The maximum Gasteiger partial charge on any atom is 0.244 e. The van der Waals surface area contributed by atoms with E-state index < -0.39 is 28.5 Å². The molecule has 7 nitrogen and oxygen atoms in total. The van der Waals surface area contributed by atoms with Crippen LogP contribution in [0, 0.1) is 0 Å². The number of sulfonamides is 1. The van der Waals surface area contributed by atoms with Crippen LogP contribution in [0.1, 0.15) is 50.3 Å². The maximum atomic E-state index is 14.1. The van der Waals surface area contributed by atoms with Crippen molar-refractivity contribution >= 4 is 39.1 Å². The minimum absolute atomic E-state index is 0.0757. The minimum Gasteiger partial charge on any atom is -0.352 e. The maximum absolute atomic E-state index is 14.1. The Morgan fingerprint density at radius 2 is 1.50 bits per heavy atom. The topological polar surface area (TPSA) is 86.8 Å². The lowest BCUT2D eigenvalue weighted by Gasteiger charge is -2.34. The predicted molar refractivity (Wildman–Crippen MR) is 162 cm³/mol. The van der Waals surface area contributed by atoms with Crippen LogP contribution in [-0.4, -0.2) is 50.0 Å². The highest BCUT2D eigenvalue weighted by atomic mass is 35.5. The predicted octanol–water partition coefficient (Wildman–Crippen LogP) is 5.39. The average molecular weight is 584 g/mol. The molecule has 1 N–H and O–H groups in total. The van der Waals surface area contributed by atoms with Crippen LogP contribution in [0.3, 0.4) is 0 Å². The lowest BCUT2D eigenvalue weighted by Crippen LogP contribution is -2.54. The van der Waals surface area contributed by atoms with Gasteiger partial charge in [0.2, 0.25) is 21.8 Å². The number of benzene rings is 3. The summed E-state index contributed by atoms with van der Waals surface area (Å²) in [6, 6.07) is 22.6. The monoisotopic (exact) mass is 583 g/mol. The van der Waals surface area contributed by atoms with E-state index in [0.717, 1.165) is 27.3 Å². The van der Waals surface area contributed by atoms with Crippen LogP contribution in [0.15, 0.2) is 78.9 Å². The Morgan fingerprint density at radius 1 is 0.875 bits per heavy atom. The van der Waals surface area contributed by atoms with Gasteiger partial charge in [-0.15, -0.1) is 0 Å². The minimum atomic E-state index is -3.82. The summed E-state index contributed by atoms with van der Waals surface area (Å²) in [5, 5.41) is 3.44. The molecule has 0 heterocycles. The largest absolute Gasteiger partial charge is 0.352 e. The number of anilines is 1. The molecule has 1 unspecified atom stereocenters. The summed E-state index contributed by atoms with van der Waals surface area (Å²) >= 11 is 6.24. The third-order valence-corrected chi connectivity index (χ3v) is 7.85. The summed E-state index contributed by atoms with van der Waals surface area (Å²) in [5.74, 6) is -0.548. The van der Waals surface area contributed by atoms with Crippen molar-refractivity contribution in [2.45, 2.75) is 58.7 Å². The van der Waals surface area contributed by atoms with Gasteiger partial charge >= 0.3 is 0 Å². The molecule has 0 saturated carbocycles. The van der Waals surface area contributed by atoms with E-state index >= 15 is 0 Å². The van der Waals surface area contributed by atoms with Crippen molar-refractivity contribution in [3.05, 3.63) is 101 Å². The first-order chi connectivity index (χ1) is 18.8. The van der Waals surface area contributed by atoms with Gasteiger partial charge in [0.15, 0.2) is 0 Å². The number of carbonyl (C=O) groups is 2. The molecule has 40 heavy (non-hydrogen) atoms. The molecule has 0 radical (unpaired) electrons. The standard InChI is InChI=1S/C31H38ClN3O4S/c1-22(2)26-14-16-28(17-15-26)35(40(5,38)39)21-30(36)34(20-25-12-9-13-27(32)18-25)29(31(37)33-23(3)4)19-24-10-7-6-8-11-24/h6-18,22-23,29H,19-21H2,1-5H3,(H,33,37). The van der Waals surface area contributed by atoms with E-state index in [9.17, 15) is 18.0 Å². The van der Waals surface area contributed by atoms with Crippen LogP contribution in [-0.2, 0) is 32.6 Å². The van der Waals surface area contributed by atoms with Crippen molar-refractivity contribution in [1.82, 2.24) is 10.2 Å². The highest BCUT2D eigenvalue weighted by molar-refractivity contribution is 7.92. The Bertz CT molecular complexity index is 1390. The van der Waals surface area contributed by atoms with Gasteiger partial charge in [0.1, 0.15) is 12.6 Å². The molecule has 0 saturated heterocycles. The van der Waals surface area contributed by atoms with Gasteiger partial charge in [0, 0.05) is 24.0 Å². The van der Waals surface area contributed by atoms with Crippen LogP contribution in [0.25, 0.3) is 0 Å². The first kappa shape index (κ1) is 31.2. The molecule has 3 rings (SSSR count). The molecule has 0 fully saturated rings. The first-order valence-electron chi connectivity index (χ1n) is 13.3. The van der Waals surface area contributed by atoms with Crippen molar-refractivity contribution < 1.29 is 18.0 Å². The van der Waals surface area contributed by atoms with Crippen molar-refractivity contribution in [3.63, 3.8) is 0 Å². The summed E-state index contributed by atoms with van der Waals surface area (Å²) in [4.78, 5) is 29.1. The Balaban J connectivity index is 2.04. The zero-order chi connectivity index (χ0) is 29.4. The molecule has 0 aliphatic carbocycles. The quantitative estimate of drug-likeness (QED) is 0.309. The summed E-state index contributed by atoms with van der Waals surface area (Å²) < 4.78 is 26.9. The Morgan fingerprint density at radius 3 is 2.05 bits per heavy atom. The van der Waals surface area contributed by atoms with E-state index in [4.69, 9.17) is 11.6 Å². The lowest BCUT2D eigenvalue weighted by molar-refractivity contribution is -0.140. The number of nitrogens with zero attached hydrogens (tertiary/aromatic N) is 2. The van der Waals surface area contributed by atoms with Crippen molar-refractivity contribution in [2.24, 2.45) is 0 Å². The van der Waals surface area contributed by atoms with E-state index in [0.29, 0.717) is 10.7 Å². The number of hydrogen-bond donors (Lipinski definition) is 1. The van der Waals surface area contributed by atoms with E-state index in [1.165, 1.54) is 4.90 Å². The number of nitrogens with one attached hydrogen (secondary N) is 1. The molecular formula is C31H38ClN3O4S. The van der Waals surface area contributed by atoms with Gasteiger partial charge in [-0.1, -0.05) is 80.0 Å². The molecule has 3 aromatic rings. The molecule has 9 heteroatoms. The number of carbonyl (C=O) groups excluding carboxylic acids is 2. The normalized spacial score (nSPS) is 12.3. The van der Waals surface area contributed by atoms with Gasteiger partial charge in [-0.3, -0.25) is 13.9 Å². The average Bonchev–Trinajstić information content (AvgIpc) is 2.88. The molecule has 0 aromatic heterocycles. The van der Waals surface area contributed by atoms with Gasteiger partial charge < -0.3 is 10.2 Å². The van der Waals surface area contributed by atoms with Crippen LogP contribution in [0.4, 0.5) is 5.69 Å². The number of amides is 2. The first-order valence-corrected chi connectivity index (χ1v) is 15.5. The lowest BCUT2D eigenvalue weighted by atomic mass is 10.0. The van der Waals surface area contributed by atoms with E-state index in [1.807, 2.05) is 62.4 Å². The molecule has 0 spiro atoms. The molecule has 2 amide bonds. The second-order valence-electron chi connectivity index (χ2n) is 10.5. The highest BCUT2D eigenvalue weighted by Crippen LogP contribution is 2.24. The fourth-order valence-corrected chi connectivity index (χ4v) is 5.47. The van der Waals surface area contributed by atoms with Gasteiger partial charge in [-0.25, -0.2) is 8.42 Å². The number of halogens is 1. The second kappa shape index (κ2) is 13.8. The number of hydrogen-bond acceptors (Lipinski definition) is 4. The van der Waals surface area contributed by atoms with Crippen molar-refractivity contribution in [1.29, 1.82) is 0 Å². The van der Waals surface area contributed by atoms with Crippen LogP contribution in [0.2, 0.25) is 5.02 Å². The van der Waals surface area contributed by atoms with Gasteiger partial charge in [0.25, 0.3) is 0 Å². The third kappa shape index (κ3) is 8.83. The zero-order valence-electron chi connectivity index (χ0n) is 23.7. The van der Waals surface area contributed by atoms with E-state index in [1.54, 1.807) is 30.3 Å². The molecule has 214 valence electrons. The van der Waals surface area contributed by atoms with Gasteiger partial charge in [-0.2, -0.15) is 0 Å². The smallest absolute Gasteiger partial charge is 0.244 e. The van der Waals surface area contributed by atoms with Crippen molar-refractivity contribution in [3.8, 4) is 0 Å². The molecule has 1 atom stereocenters. The Labute approximate surface area is 243 Å². The van der Waals surface area contributed by atoms with Crippen LogP contribution >= 0.6 is 11.6 Å². The van der Waals surface area contributed by atoms with Crippen LogP contribution in [0.5, 0.6) is 0 Å². The molecule has 3 aromatic carbocycles. The fourth-order valence-electron chi connectivity index (χ4n) is 4.41. The van der Waals surface area contributed by atoms with E-state index in [-0.39, 0.29) is 30.8 Å². The Hall–Kier alpha value is -3.36. The third-order valence-electron chi connectivity index (χ3n) is 6.47. The highest BCUT2D eigenvalue weighted by Gasteiger charge is 2.33. The molecule has 0 bridgehead atoms. The molecule has 0 aliphatic heterocycles.